The lowest BCUT2D eigenvalue weighted by molar-refractivity contribution is 0.768. The maximum absolute atomic E-state index is 5.90. The van der Waals surface area contributed by atoms with Crippen molar-refractivity contribution >= 4 is 5.82 Å². The molecule has 2 rings (SSSR count). The van der Waals surface area contributed by atoms with Gasteiger partial charge in [0, 0.05) is 18.8 Å². The summed E-state index contributed by atoms with van der Waals surface area (Å²) < 4.78 is 3.43. The van der Waals surface area contributed by atoms with Crippen LogP contribution in [0.25, 0.3) is 11.3 Å². The van der Waals surface area contributed by atoms with Crippen LogP contribution in [0.4, 0.5) is 5.82 Å². The molecule has 0 unspecified atom stereocenters. The zero-order valence-electron chi connectivity index (χ0n) is 8.38. The average molecular weight is 201 g/mol. The van der Waals surface area contributed by atoms with Crippen molar-refractivity contribution in [2.75, 3.05) is 5.73 Å². The summed E-state index contributed by atoms with van der Waals surface area (Å²) in [7, 11) is 1.85. The normalized spacial score (nSPS) is 10.1. The minimum absolute atomic E-state index is 0.430. The fourth-order valence-corrected chi connectivity index (χ4v) is 1.38. The van der Waals surface area contributed by atoms with Crippen molar-refractivity contribution in [3.8, 4) is 23.6 Å². The van der Waals surface area contributed by atoms with E-state index in [0.717, 1.165) is 11.3 Å². The molecule has 0 atom stereocenters. The van der Waals surface area contributed by atoms with Crippen molar-refractivity contribution in [2.24, 2.45) is 7.05 Å². The maximum Gasteiger partial charge on any atom is 0.132 e. The van der Waals surface area contributed by atoms with E-state index in [-0.39, 0.29) is 0 Å². The Morgan fingerprint density at radius 3 is 3.00 bits per heavy atom. The van der Waals surface area contributed by atoms with Crippen LogP contribution in [0.5, 0.6) is 0 Å². The predicted octanol–water partition coefficient (Wildman–Crippen LogP) is 0.499. The van der Waals surface area contributed by atoms with Crippen molar-refractivity contribution in [1.82, 2.24) is 19.3 Å². The van der Waals surface area contributed by atoms with Gasteiger partial charge in [0.05, 0.1) is 19.1 Å². The Kier molecular flexibility index (Phi) is 2.18. The molecule has 2 heterocycles. The number of nitrogens with two attached hydrogens (primary N) is 1. The Balaban J connectivity index is 2.42. The van der Waals surface area contributed by atoms with E-state index in [1.165, 1.54) is 0 Å². The van der Waals surface area contributed by atoms with E-state index >= 15 is 0 Å². The summed E-state index contributed by atoms with van der Waals surface area (Å²) in [6.07, 6.45) is 10.4. The quantitative estimate of drug-likeness (QED) is 0.720. The molecule has 2 aromatic heterocycles. The molecule has 76 valence electrons. The molecule has 0 amide bonds. The largest absolute Gasteiger partial charge is 0.383 e. The molecule has 0 bridgehead atoms. The number of anilines is 1. The molecule has 0 spiro atoms. The molecule has 5 nitrogen and oxygen atoms in total. The lowest BCUT2D eigenvalue weighted by atomic mass is 10.2. The fourth-order valence-electron chi connectivity index (χ4n) is 1.38. The van der Waals surface area contributed by atoms with Crippen molar-refractivity contribution < 1.29 is 0 Å². The van der Waals surface area contributed by atoms with E-state index in [1.807, 2.05) is 13.2 Å². The van der Waals surface area contributed by atoms with Gasteiger partial charge in [-0.1, -0.05) is 5.92 Å². The molecule has 0 saturated carbocycles. The average Bonchev–Trinajstić information content (AvgIpc) is 2.76. The van der Waals surface area contributed by atoms with Crippen LogP contribution in [0.15, 0.2) is 18.7 Å². The van der Waals surface area contributed by atoms with Crippen LogP contribution in [0.3, 0.4) is 0 Å². The number of nitrogen functional groups attached to an aromatic ring is 1. The van der Waals surface area contributed by atoms with Crippen LogP contribution < -0.4 is 5.73 Å². The summed E-state index contributed by atoms with van der Waals surface area (Å²) >= 11 is 0. The van der Waals surface area contributed by atoms with Gasteiger partial charge in [-0.15, -0.1) is 6.42 Å². The number of imidazole rings is 1. The van der Waals surface area contributed by atoms with E-state index in [1.54, 1.807) is 21.8 Å². The number of hydrogen-bond acceptors (Lipinski definition) is 3. The van der Waals surface area contributed by atoms with Gasteiger partial charge in [-0.2, -0.15) is 5.10 Å². The fraction of sp³-hybridized carbons (Fsp3) is 0.200. The van der Waals surface area contributed by atoms with Crippen LogP contribution in [0, 0.1) is 12.3 Å². The Morgan fingerprint density at radius 1 is 1.60 bits per heavy atom. The Bertz CT molecular complexity index is 514. The van der Waals surface area contributed by atoms with Gasteiger partial charge in [0.1, 0.15) is 11.5 Å². The van der Waals surface area contributed by atoms with E-state index in [4.69, 9.17) is 12.2 Å². The topological polar surface area (TPSA) is 61.7 Å². The van der Waals surface area contributed by atoms with Crippen LogP contribution in [0.1, 0.15) is 0 Å². The molecule has 0 radical (unpaired) electrons. The van der Waals surface area contributed by atoms with Crippen LogP contribution >= 0.6 is 0 Å². The molecule has 5 heteroatoms. The van der Waals surface area contributed by atoms with Gasteiger partial charge < -0.3 is 10.3 Å². The van der Waals surface area contributed by atoms with Gasteiger partial charge in [0.15, 0.2) is 0 Å². The zero-order chi connectivity index (χ0) is 10.8. The first-order valence-corrected chi connectivity index (χ1v) is 4.45. The summed E-state index contributed by atoms with van der Waals surface area (Å²) in [6.45, 7) is 0.430. The highest BCUT2D eigenvalue weighted by Crippen LogP contribution is 2.22. The second kappa shape index (κ2) is 3.50. The minimum Gasteiger partial charge on any atom is -0.383 e. The molecule has 0 aliphatic rings. The molecule has 0 aromatic carbocycles. The minimum atomic E-state index is 0.430. The summed E-state index contributed by atoms with van der Waals surface area (Å²) in [5.41, 5.74) is 7.51. The Hall–Kier alpha value is -2.22. The van der Waals surface area contributed by atoms with E-state index in [9.17, 15) is 0 Å². The maximum atomic E-state index is 5.90. The molecule has 15 heavy (non-hydrogen) atoms. The smallest absolute Gasteiger partial charge is 0.132 e. The number of aromatic nitrogens is 4. The SMILES string of the molecule is C#CCn1cnc(-c2cnn(C)c2)c1N. The number of nitrogens with zero attached hydrogens (tertiary/aromatic N) is 4. The van der Waals surface area contributed by atoms with Gasteiger partial charge in [0.2, 0.25) is 0 Å². The highest BCUT2D eigenvalue weighted by atomic mass is 15.2. The third kappa shape index (κ3) is 1.57. The number of rotatable bonds is 2. The van der Waals surface area contributed by atoms with E-state index in [2.05, 4.69) is 16.0 Å². The highest BCUT2D eigenvalue weighted by molar-refractivity contribution is 5.69. The lowest BCUT2D eigenvalue weighted by Crippen LogP contribution is -2.00. The molecule has 0 fully saturated rings. The Morgan fingerprint density at radius 2 is 2.40 bits per heavy atom. The summed E-state index contributed by atoms with van der Waals surface area (Å²) in [5, 5.41) is 4.06. The first kappa shape index (κ1) is 9.34. The van der Waals surface area contributed by atoms with Gasteiger partial charge in [0.25, 0.3) is 0 Å². The van der Waals surface area contributed by atoms with Gasteiger partial charge in [-0.3, -0.25) is 4.68 Å². The first-order chi connectivity index (χ1) is 7.22. The zero-order valence-corrected chi connectivity index (χ0v) is 8.38. The number of hydrogen-bond donors (Lipinski definition) is 1. The van der Waals surface area contributed by atoms with Crippen molar-refractivity contribution in [3.05, 3.63) is 18.7 Å². The summed E-state index contributed by atoms with van der Waals surface area (Å²) in [4.78, 5) is 4.21. The molecule has 0 aliphatic heterocycles. The van der Waals surface area contributed by atoms with Gasteiger partial charge in [-0.05, 0) is 0 Å². The van der Waals surface area contributed by atoms with Gasteiger partial charge in [-0.25, -0.2) is 4.98 Å². The lowest BCUT2D eigenvalue weighted by Gasteiger charge is -1.99. The highest BCUT2D eigenvalue weighted by Gasteiger charge is 2.10. The standard InChI is InChI=1S/C10H11N5/c1-3-4-15-7-12-9(10(15)11)8-5-13-14(2)6-8/h1,5-7H,4,11H2,2H3. The molecule has 0 aliphatic carbocycles. The molecular formula is C10H11N5. The second-order valence-corrected chi connectivity index (χ2v) is 3.21. The van der Waals surface area contributed by atoms with Crippen molar-refractivity contribution in [3.63, 3.8) is 0 Å². The van der Waals surface area contributed by atoms with E-state index < -0.39 is 0 Å². The molecule has 2 aromatic rings. The first-order valence-electron chi connectivity index (χ1n) is 4.45. The van der Waals surface area contributed by atoms with Crippen LogP contribution in [-0.2, 0) is 13.6 Å². The van der Waals surface area contributed by atoms with Gasteiger partial charge >= 0.3 is 0 Å². The number of terminal acetylenes is 1. The van der Waals surface area contributed by atoms with Crippen molar-refractivity contribution in [1.29, 1.82) is 0 Å². The van der Waals surface area contributed by atoms with Crippen LogP contribution in [-0.4, -0.2) is 19.3 Å². The monoisotopic (exact) mass is 201 g/mol. The van der Waals surface area contributed by atoms with Crippen LogP contribution in [0.2, 0.25) is 0 Å². The molecule has 2 N–H and O–H groups in total. The molecular weight excluding hydrogens is 190 g/mol. The van der Waals surface area contributed by atoms with Crippen molar-refractivity contribution in [2.45, 2.75) is 6.54 Å². The second-order valence-electron chi connectivity index (χ2n) is 3.21. The Labute approximate surface area is 87.5 Å². The third-order valence-electron chi connectivity index (χ3n) is 2.12. The number of aryl methyl sites for hydroxylation is 1. The summed E-state index contributed by atoms with van der Waals surface area (Å²) in [6, 6.07) is 0. The molecule has 0 saturated heterocycles. The predicted molar refractivity (Wildman–Crippen MR) is 57.7 cm³/mol. The summed E-state index contributed by atoms with van der Waals surface area (Å²) in [5.74, 6) is 3.09. The third-order valence-corrected chi connectivity index (χ3v) is 2.12. The van der Waals surface area contributed by atoms with E-state index in [0.29, 0.717) is 12.4 Å².